The Kier molecular flexibility index (Phi) is 3.82. The van der Waals surface area contributed by atoms with Crippen molar-refractivity contribution >= 4 is 0 Å². The standard InChI is InChI=1S/C11H16N2O2/c1-3-4-9(12)10-8(6-14)5-13-7(2)11(10)15/h3,5,9,14-15H,1,4,6,12H2,2H3/t9-/m0/s1. The minimum atomic E-state index is -0.355. The highest BCUT2D eigenvalue weighted by atomic mass is 16.3. The Balaban J connectivity index is 3.22. The molecule has 0 unspecified atom stereocenters. The van der Waals surface area contributed by atoms with Gasteiger partial charge >= 0.3 is 0 Å². The fraction of sp³-hybridized carbons (Fsp3) is 0.364. The summed E-state index contributed by atoms with van der Waals surface area (Å²) >= 11 is 0. The van der Waals surface area contributed by atoms with Crippen LogP contribution in [0, 0.1) is 6.92 Å². The van der Waals surface area contributed by atoms with Crippen LogP contribution in [0.3, 0.4) is 0 Å². The molecule has 0 spiro atoms. The summed E-state index contributed by atoms with van der Waals surface area (Å²) in [6.45, 7) is 5.11. The monoisotopic (exact) mass is 208 g/mol. The molecule has 1 atom stereocenters. The lowest BCUT2D eigenvalue weighted by atomic mass is 9.98. The molecule has 0 fully saturated rings. The van der Waals surface area contributed by atoms with Gasteiger partial charge in [0.05, 0.1) is 12.3 Å². The highest BCUT2D eigenvalue weighted by Crippen LogP contribution is 2.30. The van der Waals surface area contributed by atoms with E-state index in [1.165, 1.54) is 6.20 Å². The van der Waals surface area contributed by atoms with Crippen molar-refractivity contribution in [3.05, 3.63) is 35.7 Å². The Labute approximate surface area is 89.1 Å². The van der Waals surface area contributed by atoms with E-state index >= 15 is 0 Å². The zero-order valence-corrected chi connectivity index (χ0v) is 8.77. The van der Waals surface area contributed by atoms with E-state index in [-0.39, 0.29) is 18.4 Å². The molecule has 1 aromatic heterocycles. The first-order valence-corrected chi connectivity index (χ1v) is 4.76. The van der Waals surface area contributed by atoms with E-state index in [1.54, 1.807) is 13.0 Å². The average molecular weight is 208 g/mol. The molecule has 4 nitrogen and oxygen atoms in total. The van der Waals surface area contributed by atoms with E-state index in [9.17, 15) is 5.11 Å². The SMILES string of the molecule is C=CC[C@H](N)c1c(CO)cnc(C)c1O. The molecule has 15 heavy (non-hydrogen) atoms. The number of nitrogens with zero attached hydrogens (tertiary/aromatic N) is 1. The van der Waals surface area contributed by atoms with Gasteiger partial charge in [0.15, 0.2) is 0 Å². The van der Waals surface area contributed by atoms with Crippen LogP contribution in [-0.2, 0) is 6.61 Å². The molecule has 1 aromatic rings. The molecule has 4 N–H and O–H groups in total. The van der Waals surface area contributed by atoms with Crippen LogP contribution < -0.4 is 5.73 Å². The van der Waals surface area contributed by atoms with Crippen molar-refractivity contribution in [1.29, 1.82) is 0 Å². The Hall–Kier alpha value is -1.39. The highest BCUT2D eigenvalue weighted by Gasteiger charge is 2.16. The maximum atomic E-state index is 9.82. The Morgan fingerprint density at radius 1 is 1.67 bits per heavy atom. The van der Waals surface area contributed by atoms with Gasteiger partial charge in [0.25, 0.3) is 0 Å². The molecule has 1 rings (SSSR count). The molecule has 0 aliphatic carbocycles. The summed E-state index contributed by atoms with van der Waals surface area (Å²) in [5.41, 5.74) is 7.52. The summed E-state index contributed by atoms with van der Waals surface area (Å²) in [5, 5.41) is 18.9. The lowest BCUT2D eigenvalue weighted by Gasteiger charge is -2.16. The van der Waals surface area contributed by atoms with E-state index in [4.69, 9.17) is 10.8 Å². The first-order chi connectivity index (χ1) is 7.11. The largest absolute Gasteiger partial charge is 0.506 e. The molecule has 1 heterocycles. The summed E-state index contributed by atoms with van der Waals surface area (Å²) in [6.07, 6.45) is 3.76. The van der Waals surface area contributed by atoms with Crippen molar-refractivity contribution in [1.82, 2.24) is 4.98 Å². The van der Waals surface area contributed by atoms with Gasteiger partial charge in [0, 0.05) is 23.4 Å². The number of aromatic nitrogens is 1. The fourth-order valence-corrected chi connectivity index (χ4v) is 1.49. The van der Waals surface area contributed by atoms with E-state index < -0.39 is 0 Å². The van der Waals surface area contributed by atoms with Crippen molar-refractivity contribution in [2.75, 3.05) is 0 Å². The maximum Gasteiger partial charge on any atom is 0.141 e. The average Bonchev–Trinajstić information content (AvgIpc) is 2.22. The summed E-state index contributed by atoms with van der Waals surface area (Å²) < 4.78 is 0. The molecular formula is C11H16N2O2. The van der Waals surface area contributed by atoms with E-state index in [0.29, 0.717) is 23.2 Å². The minimum Gasteiger partial charge on any atom is -0.506 e. The van der Waals surface area contributed by atoms with Crippen molar-refractivity contribution in [2.24, 2.45) is 5.73 Å². The van der Waals surface area contributed by atoms with Gasteiger partial charge in [-0.1, -0.05) is 6.08 Å². The van der Waals surface area contributed by atoms with Gasteiger partial charge in [0.2, 0.25) is 0 Å². The number of rotatable bonds is 4. The van der Waals surface area contributed by atoms with Gasteiger partial charge in [0.1, 0.15) is 5.75 Å². The lowest BCUT2D eigenvalue weighted by molar-refractivity contribution is 0.278. The lowest BCUT2D eigenvalue weighted by Crippen LogP contribution is -2.13. The van der Waals surface area contributed by atoms with Crippen LogP contribution in [0.4, 0.5) is 0 Å². The van der Waals surface area contributed by atoms with Crippen LogP contribution in [0.5, 0.6) is 5.75 Å². The molecule has 0 aromatic carbocycles. The van der Waals surface area contributed by atoms with Crippen LogP contribution in [0.15, 0.2) is 18.9 Å². The van der Waals surface area contributed by atoms with E-state index in [2.05, 4.69) is 11.6 Å². The third-order valence-corrected chi connectivity index (χ3v) is 2.32. The van der Waals surface area contributed by atoms with E-state index in [0.717, 1.165) is 0 Å². The first kappa shape index (κ1) is 11.7. The van der Waals surface area contributed by atoms with Crippen molar-refractivity contribution < 1.29 is 10.2 Å². The number of aromatic hydroxyl groups is 1. The predicted octanol–water partition coefficient (Wildman–Crippen LogP) is 1.16. The van der Waals surface area contributed by atoms with Crippen molar-refractivity contribution in [2.45, 2.75) is 26.0 Å². The second-order valence-electron chi connectivity index (χ2n) is 3.42. The number of aliphatic hydroxyl groups excluding tert-OH is 1. The molecule has 0 aliphatic heterocycles. The number of hydrogen-bond acceptors (Lipinski definition) is 4. The van der Waals surface area contributed by atoms with Crippen LogP contribution in [-0.4, -0.2) is 15.2 Å². The quantitative estimate of drug-likeness (QED) is 0.649. The minimum absolute atomic E-state index is 0.0656. The summed E-state index contributed by atoms with van der Waals surface area (Å²) in [5.74, 6) is 0.0656. The van der Waals surface area contributed by atoms with Crippen LogP contribution in [0.1, 0.15) is 29.3 Å². The van der Waals surface area contributed by atoms with Crippen molar-refractivity contribution in [3.8, 4) is 5.75 Å². The molecule has 4 heteroatoms. The first-order valence-electron chi connectivity index (χ1n) is 4.76. The van der Waals surface area contributed by atoms with Gasteiger partial charge < -0.3 is 15.9 Å². The molecule has 0 radical (unpaired) electrons. The number of nitrogens with two attached hydrogens (primary N) is 1. The third-order valence-electron chi connectivity index (χ3n) is 2.32. The molecule has 0 saturated carbocycles. The summed E-state index contributed by atoms with van der Waals surface area (Å²) in [6, 6.07) is -0.355. The van der Waals surface area contributed by atoms with Crippen LogP contribution in [0.2, 0.25) is 0 Å². The van der Waals surface area contributed by atoms with Gasteiger partial charge in [-0.15, -0.1) is 6.58 Å². The third kappa shape index (κ3) is 2.34. The zero-order valence-electron chi connectivity index (χ0n) is 8.77. The highest BCUT2D eigenvalue weighted by molar-refractivity contribution is 5.42. The maximum absolute atomic E-state index is 9.82. The molecule has 0 bridgehead atoms. The molecular weight excluding hydrogens is 192 g/mol. The predicted molar refractivity (Wildman–Crippen MR) is 58.3 cm³/mol. The smallest absolute Gasteiger partial charge is 0.141 e. The van der Waals surface area contributed by atoms with Gasteiger partial charge in [-0.25, -0.2) is 0 Å². The molecule has 82 valence electrons. The van der Waals surface area contributed by atoms with Crippen LogP contribution in [0.25, 0.3) is 0 Å². The number of pyridine rings is 1. The van der Waals surface area contributed by atoms with Gasteiger partial charge in [-0.2, -0.15) is 0 Å². The van der Waals surface area contributed by atoms with Crippen LogP contribution >= 0.6 is 0 Å². The molecule has 0 saturated heterocycles. The fourth-order valence-electron chi connectivity index (χ4n) is 1.49. The Morgan fingerprint density at radius 3 is 2.87 bits per heavy atom. The zero-order chi connectivity index (χ0) is 11.4. The van der Waals surface area contributed by atoms with Crippen molar-refractivity contribution in [3.63, 3.8) is 0 Å². The topological polar surface area (TPSA) is 79.4 Å². The second-order valence-corrected chi connectivity index (χ2v) is 3.42. The summed E-state index contributed by atoms with van der Waals surface area (Å²) in [7, 11) is 0. The number of hydrogen-bond donors (Lipinski definition) is 3. The Bertz CT molecular complexity index is 364. The molecule has 0 amide bonds. The van der Waals surface area contributed by atoms with E-state index in [1.807, 2.05) is 0 Å². The second kappa shape index (κ2) is 4.91. The Morgan fingerprint density at radius 2 is 2.33 bits per heavy atom. The molecule has 0 aliphatic rings. The number of aliphatic hydroxyl groups is 1. The summed E-state index contributed by atoms with van der Waals surface area (Å²) in [4.78, 5) is 3.96. The number of aryl methyl sites for hydroxylation is 1. The normalized spacial score (nSPS) is 12.5. The van der Waals surface area contributed by atoms with Gasteiger partial charge in [-0.05, 0) is 13.3 Å². The van der Waals surface area contributed by atoms with Gasteiger partial charge in [-0.3, -0.25) is 4.98 Å².